The summed E-state index contributed by atoms with van der Waals surface area (Å²) in [6.07, 6.45) is 5.02. The number of rotatable bonds is 7. The predicted octanol–water partition coefficient (Wildman–Crippen LogP) is 3.89. The smallest absolute Gasteiger partial charge is 0.226 e. The van der Waals surface area contributed by atoms with E-state index in [2.05, 4.69) is 31.3 Å². The van der Waals surface area contributed by atoms with Crippen LogP contribution in [-0.2, 0) is 17.8 Å². The second kappa shape index (κ2) is 8.04. The molecular weight excluding hydrogens is 408 g/mol. The van der Waals surface area contributed by atoms with Gasteiger partial charge in [-0.3, -0.25) is 9.48 Å². The lowest BCUT2D eigenvalue weighted by atomic mass is 10.3. The number of nitrogens with one attached hydrogen (secondary N) is 1. The van der Waals surface area contributed by atoms with Gasteiger partial charge in [0.05, 0.1) is 23.2 Å². The van der Waals surface area contributed by atoms with Crippen LogP contribution in [0.1, 0.15) is 17.7 Å². The van der Waals surface area contributed by atoms with Crippen molar-refractivity contribution >= 4 is 44.5 Å². The summed E-state index contributed by atoms with van der Waals surface area (Å²) in [5.41, 5.74) is 1.97. The van der Waals surface area contributed by atoms with Gasteiger partial charge in [0.1, 0.15) is 5.01 Å². The summed E-state index contributed by atoms with van der Waals surface area (Å²) in [7, 11) is 0. The number of halogens is 1. The molecule has 3 aromatic heterocycles. The first-order valence-electron chi connectivity index (χ1n) is 7.55. The Morgan fingerprint density at radius 2 is 2.25 bits per heavy atom. The van der Waals surface area contributed by atoms with Crippen molar-refractivity contribution in [3.63, 3.8) is 0 Å². The molecule has 1 N–H and O–H groups in total. The van der Waals surface area contributed by atoms with Crippen LogP contribution in [-0.4, -0.2) is 27.2 Å². The fraction of sp³-hybridized carbons (Fsp3) is 0.312. The van der Waals surface area contributed by atoms with Crippen molar-refractivity contribution in [3.8, 4) is 9.88 Å². The zero-order chi connectivity index (χ0) is 16.9. The normalized spacial score (nSPS) is 10.9. The molecule has 0 bridgehead atoms. The molecule has 24 heavy (non-hydrogen) atoms. The highest BCUT2D eigenvalue weighted by molar-refractivity contribution is 9.10. The molecule has 5 nitrogen and oxygen atoms in total. The lowest BCUT2D eigenvalue weighted by Gasteiger charge is -2.04. The van der Waals surface area contributed by atoms with Gasteiger partial charge in [0.15, 0.2) is 0 Å². The molecule has 3 aromatic rings. The highest BCUT2D eigenvalue weighted by atomic mass is 79.9. The number of hydrogen-bond donors (Lipinski definition) is 1. The van der Waals surface area contributed by atoms with E-state index in [4.69, 9.17) is 0 Å². The lowest BCUT2D eigenvalue weighted by molar-refractivity contribution is -0.120. The van der Waals surface area contributed by atoms with Gasteiger partial charge in [0, 0.05) is 34.5 Å². The first kappa shape index (κ1) is 17.3. The maximum Gasteiger partial charge on any atom is 0.226 e. The van der Waals surface area contributed by atoms with Gasteiger partial charge in [-0.15, -0.1) is 22.7 Å². The number of aryl methyl sites for hydroxylation is 2. The zero-order valence-electron chi connectivity index (χ0n) is 13.2. The van der Waals surface area contributed by atoms with Crippen LogP contribution in [0.25, 0.3) is 9.88 Å². The molecule has 0 atom stereocenters. The van der Waals surface area contributed by atoms with Gasteiger partial charge in [-0.1, -0.05) is 0 Å². The van der Waals surface area contributed by atoms with Crippen molar-refractivity contribution in [2.24, 2.45) is 0 Å². The van der Waals surface area contributed by atoms with Crippen LogP contribution in [0.5, 0.6) is 0 Å². The van der Waals surface area contributed by atoms with Gasteiger partial charge in [0.2, 0.25) is 5.91 Å². The molecule has 0 radical (unpaired) electrons. The van der Waals surface area contributed by atoms with E-state index >= 15 is 0 Å². The number of carbonyl (C=O) groups is 1. The van der Waals surface area contributed by atoms with Gasteiger partial charge >= 0.3 is 0 Å². The molecule has 0 saturated heterocycles. The van der Waals surface area contributed by atoms with Gasteiger partial charge in [-0.25, -0.2) is 4.98 Å². The van der Waals surface area contributed by atoms with Crippen molar-refractivity contribution in [1.82, 2.24) is 20.1 Å². The van der Waals surface area contributed by atoms with Gasteiger partial charge in [0.25, 0.3) is 0 Å². The number of amides is 1. The van der Waals surface area contributed by atoms with Crippen LogP contribution in [0.15, 0.2) is 33.7 Å². The van der Waals surface area contributed by atoms with Crippen LogP contribution in [0.4, 0.5) is 0 Å². The minimum atomic E-state index is 0.0101. The highest BCUT2D eigenvalue weighted by Gasteiger charge is 2.10. The fourth-order valence-electron chi connectivity index (χ4n) is 2.21. The number of carbonyl (C=O) groups excluding carboxylic acids is 1. The van der Waals surface area contributed by atoms with Crippen molar-refractivity contribution < 1.29 is 4.79 Å². The third kappa shape index (κ3) is 4.75. The Bertz CT molecular complexity index is 824. The van der Waals surface area contributed by atoms with E-state index in [0.29, 0.717) is 13.0 Å². The van der Waals surface area contributed by atoms with Crippen LogP contribution < -0.4 is 5.32 Å². The molecule has 0 aromatic carbocycles. The minimum Gasteiger partial charge on any atom is -0.356 e. The van der Waals surface area contributed by atoms with E-state index in [1.54, 1.807) is 22.7 Å². The lowest BCUT2D eigenvalue weighted by Crippen LogP contribution is -2.27. The summed E-state index contributed by atoms with van der Waals surface area (Å²) in [5, 5.41) is 12.1. The summed E-state index contributed by atoms with van der Waals surface area (Å²) >= 11 is 6.66. The molecular formula is C16H17BrN4OS2. The highest BCUT2D eigenvalue weighted by Crippen LogP contribution is 2.31. The number of thiophene rings is 1. The average molecular weight is 425 g/mol. The zero-order valence-corrected chi connectivity index (χ0v) is 16.4. The third-order valence-corrected chi connectivity index (χ3v) is 6.07. The molecule has 0 spiro atoms. The molecule has 0 saturated carbocycles. The summed E-state index contributed by atoms with van der Waals surface area (Å²) in [5.74, 6) is 0.0101. The number of hydrogen-bond acceptors (Lipinski definition) is 5. The van der Waals surface area contributed by atoms with Crippen LogP contribution in [0, 0.1) is 6.92 Å². The largest absolute Gasteiger partial charge is 0.356 e. The van der Waals surface area contributed by atoms with E-state index in [1.165, 1.54) is 0 Å². The van der Waals surface area contributed by atoms with E-state index in [-0.39, 0.29) is 5.91 Å². The Morgan fingerprint density at radius 1 is 1.38 bits per heavy atom. The monoisotopic (exact) mass is 424 g/mol. The maximum atomic E-state index is 12.0. The number of nitrogens with zero attached hydrogens (tertiary/aromatic N) is 3. The Morgan fingerprint density at radius 3 is 2.96 bits per heavy atom. The van der Waals surface area contributed by atoms with E-state index in [9.17, 15) is 4.79 Å². The van der Waals surface area contributed by atoms with Crippen LogP contribution in [0.2, 0.25) is 0 Å². The first-order chi connectivity index (χ1) is 11.6. The summed E-state index contributed by atoms with van der Waals surface area (Å²) in [6.45, 7) is 3.47. The summed E-state index contributed by atoms with van der Waals surface area (Å²) in [6, 6.07) is 2.05. The van der Waals surface area contributed by atoms with Crippen LogP contribution in [0.3, 0.4) is 0 Å². The molecule has 0 aliphatic heterocycles. The average Bonchev–Trinajstić information content (AvgIpc) is 3.26. The molecule has 0 unspecified atom stereocenters. The van der Waals surface area contributed by atoms with Crippen molar-refractivity contribution in [3.05, 3.63) is 45.0 Å². The van der Waals surface area contributed by atoms with E-state index < -0.39 is 0 Å². The molecule has 1 amide bonds. The van der Waals surface area contributed by atoms with Crippen molar-refractivity contribution in [2.75, 3.05) is 6.54 Å². The molecule has 126 valence electrons. The SMILES string of the molecule is Cc1cnn(CCCNC(=O)Cc2csc(-c3cc(Br)cs3)n2)c1. The maximum absolute atomic E-state index is 12.0. The number of thiazole rings is 1. The first-order valence-corrected chi connectivity index (χ1v) is 10.1. The topological polar surface area (TPSA) is 59.8 Å². The molecule has 8 heteroatoms. The molecule has 3 heterocycles. The number of aromatic nitrogens is 3. The minimum absolute atomic E-state index is 0.0101. The fourth-order valence-corrected chi connectivity index (χ4v) is 4.54. The summed E-state index contributed by atoms with van der Waals surface area (Å²) < 4.78 is 2.96. The van der Waals surface area contributed by atoms with Gasteiger partial charge in [-0.2, -0.15) is 5.10 Å². The van der Waals surface area contributed by atoms with Crippen molar-refractivity contribution in [2.45, 2.75) is 26.3 Å². The second-order valence-corrected chi connectivity index (χ2v) is 8.12. The molecule has 0 aliphatic rings. The Balaban J connectivity index is 1.42. The van der Waals surface area contributed by atoms with Gasteiger partial charge < -0.3 is 5.32 Å². The summed E-state index contributed by atoms with van der Waals surface area (Å²) in [4.78, 5) is 17.7. The predicted molar refractivity (Wildman–Crippen MR) is 101 cm³/mol. The van der Waals surface area contributed by atoms with E-state index in [0.717, 1.165) is 38.6 Å². The Labute approximate surface area is 156 Å². The Hall–Kier alpha value is -1.51. The Kier molecular flexibility index (Phi) is 5.80. The van der Waals surface area contributed by atoms with Crippen molar-refractivity contribution in [1.29, 1.82) is 0 Å². The molecule has 0 aliphatic carbocycles. The van der Waals surface area contributed by atoms with Gasteiger partial charge in [-0.05, 0) is 40.9 Å². The van der Waals surface area contributed by atoms with Crippen LogP contribution >= 0.6 is 38.6 Å². The quantitative estimate of drug-likeness (QED) is 0.585. The molecule has 3 rings (SSSR count). The third-order valence-electron chi connectivity index (χ3n) is 3.32. The standard InChI is InChI=1S/C16H17BrN4OS2/c1-11-7-19-21(8-11)4-2-3-18-15(22)6-13-10-24-16(20-13)14-5-12(17)9-23-14/h5,7-10H,2-4,6H2,1H3,(H,18,22). The second-order valence-electron chi connectivity index (χ2n) is 5.43. The molecule has 0 fully saturated rings. The van der Waals surface area contributed by atoms with E-state index in [1.807, 2.05) is 40.8 Å².